The molecule has 0 aromatic rings. The van der Waals surface area contributed by atoms with Crippen LogP contribution in [0.2, 0.25) is 0 Å². The maximum absolute atomic E-state index is 4.98. The summed E-state index contributed by atoms with van der Waals surface area (Å²) in [4.78, 5) is 0. The maximum atomic E-state index is 4.98. The molecule has 0 aliphatic heterocycles. The van der Waals surface area contributed by atoms with Gasteiger partial charge in [-0.25, -0.2) is 0 Å². The second kappa shape index (κ2) is 20.1. The van der Waals surface area contributed by atoms with Gasteiger partial charge in [0.2, 0.25) is 0 Å². The van der Waals surface area contributed by atoms with Crippen LogP contribution in [0.3, 0.4) is 0 Å². The van der Waals surface area contributed by atoms with Crippen LogP contribution in [0.25, 0.3) is 0 Å². The minimum atomic E-state index is 0. The van der Waals surface area contributed by atoms with Crippen molar-refractivity contribution in [3.63, 3.8) is 0 Å². The zero-order valence-corrected chi connectivity index (χ0v) is 12.4. The molecule has 0 amide bonds. The summed E-state index contributed by atoms with van der Waals surface area (Å²) in [6, 6.07) is 0. The molecule has 0 atom stereocenters. The van der Waals surface area contributed by atoms with Gasteiger partial charge < -0.3 is 28.4 Å². The van der Waals surface area contributed by atoms with Gasteiger partial charge in [-0.15, -0.1) is 0 Å². The minimum absolute atomic E-state index is 0. The molecule has 0 radical (unpaired) electrons. The molecular weight excluding hydrogens is 252 g/mol. The average molecular weight is 284 g/mol. The molecule has 0 spiro atoms. The average Bonchev–Trinajstić information content (AvgIpc) is 2.39. The number of hydrogen-bond donors (Lipinski definition) is 0. The van der Waals surface area contributed by atoms with Crippen LogP contribution in [0, 0.1) is 0 Å². The summed E-state index contributed by atoms with van der Waals surface area (Å²) in [5, 5.41) is 0. The predicted molar refractivity (Wildman–Crippen MR) is 75.8 cm³/mol. The van der Waals surface area contributed by atoms with Crippen molar-refractivity contribution in [3.05, 3.63) is 0 Å². The van der Waals surface area contributed by atoms with E-state index in [0.717, 1.165) is 0 Å². The molecule has 120 valence electrons. The molecule has 0 unspecified atom stereocenters. The molecule has 0 saturated carbocycles. The van der Waals surface area contributed by atoms with Crippen LogP contribution < -0.4 is 0 Å². The Hall–Kier alpha value is -0.240. The highest BCUT2D eigenvalue weighted by Crippen LogP contribution is 1.90. The number of rotatable bonds is 10. The van der Waals surface area contributed by atoms with Gasteiger partial charge in [0.15, 0.2) is 0 Å². The molecule has 0 aromatic carbocycles. The molecule has 0 saturated heterocycles. The topological polar surface area (TPSA) is 55.4 Å². The number of methoxy groups -OCH3 is 6. The molecule has 6 nitrogen and oxygen atoms in total. The van der Waals surface area contributed by atoms with Gasteiger partial charge in [-0.1, -0.05) is 7.43 Å². The molecule has 6 heteroatoms. The lowest BCUT2D eigenvalue weighted by Crippen LogP contribution is -2.22. The molecule has 0 fully saturated rings. The standard InChI is InChI=1S/2C6H14O3.CH4/c2*1-7-4-6(9-3)5-8-2;/h2*6H,4-5H2,1-3H3;1H4. The van der Waals surface area contributed by atoms with E-state index in [1.807, 2.05) is 0 Å². The first-order valence-electron chi connectivity index (χ1n) is 5.71. The Bertz CT molecular complexity index is 117. The Morgan fingerprint density at radius 2 is 0.737 bits per heavy atom. The van der Waals surface area contributed by atoms with Gasteiger partial charge in [0.05, 0.1) is 26.4 Å². The van der Waals surface area contributed by atoms with Crippen molar-refractivity contribution >= 4 is 0 Å². The van der Waals surface area contributed by atoms with E-state index in [1.165, 1.54) is 0 Å². The summed E-state index contributed by atoms with van der Waals surface area (Å²) >= 11 is 0. The highest BCUT2D eigenvalue weighted by molar-refractivity contribution is 4.52. The first-order valence-corrected chi connectivity index (χ1v) is 5.71. The molecule has 19 heavy (non-hydrogen) atoms. The summed E-state index contributed by atoms with van der Waals surface area (Å²) < 4.78 is 29.3. The summed E-state index contributed by atoms with van der Waals surface area (Å²) in [5.41, 5.74) is 0. The van der Waals surface area contributed by atoms with Crippen molar-refractivity contribution in [1.29, 1.82) is 0 Å². The normalized spacial score (nSPS) is 10.1. The van der Waals surface area contributed by atoms with E-state index < -0.39 is 0 Å². The second-order valence-corrected chi connectivity index (χ2v) is 3.54. The van der Waals surface area contributed by atoms with Gasteiger partial charge in [-0.3, -0.25) is 0 Å². The molecular formula is C13H32O6. The quantitative estimate of drug-likeness (QED) is 0.601. The summed E-state index contributed by atoms with van der Waals surface area (Å²) in [5.74, 6) is 0. The van der Waals surface area contributed by atoms with Crippen molar-refractivity contribution in [3.8, 4) is 0 Å². The lowest BCUT2D eigenvalue weighted by atomic mass is 10.4. The highest BCUT2D eigenvalue weighted by Gasteiger charge is 2.04. The Balaban J connectivity index is -0.000000256. The van der Waals surface area contributed by atoms with Crippen LogP contribution in [0.1, 0.15) is 7.43 Å². The van der Waals surface area contributed by atoms with Gasteiger partial charge in [0.1, 0.15) is 12.2 Å². The molecule has 0 N–H and O–H groups in total. The summed E-state index contributed by atoms with van der Waals surface area (Å²) in [6.45, 7) is 2.35. The van der Waals surface area contributed by atoms with Gasteiger partial charge in [0, 0.05) is 42.7 Å². The van der Waals surface area contributed by atoms with E-state index in [-0.39, 0.29) is 19.6 Å². The molecule has 0 aromatic heterocycles. The van der Waals surface area contributed by atoms with Crippen molar-refractivity contribution in [2.75, 3.05) is 69.1 Å². The Morgan fingerprint density at radius 1 is 0.526 bits per heavy atom. The van der Waals surface area contributed by atoms with Crippen LogP contribution in [-0.2, 0) is 28.4 Å². The Kier molecular flexibility index (Phi) is 25.2. The third-order valence-corrected chi connectivity index (χ3v) is 2.08. The van der Waals surface area contributed by atoms with Crippen molar-refractivity contribution in [2.24, 2.45) is 0 Å². The fourth-order valence-electron chi connectivity index (χ4n) is 1.11. The van der Waals surface area contributed by atoms with E-state index in [9.17, 15) is 0 Å². The predicted octanol–water partition coefficient (Wildman–Crippen LogP) is 1.22. The van der Waals surface area contributed by atoms with Crippen LogP contribution in [0.4, 0.5) is 0 Å². The zero-order valence-electron chi connectivity index (χ0n) is 12.4. The second-order valence-electron chi connectivity index (χ2n) is 3.54. The first kappa shape index (κ1) is 23.8. The van der Waals surface area contributed by atoms with Crippen molar-refractivity contribution in [2.45, 2.75) is 19.6 Å². The Labute approximate surface area is 118 Å². The lowest BCUT2D eigenvalue weighted by molar-refractivity contribution is -0.0178. The van der Waals surface area contributed by atoms with E-state index in [1.54, 1.807) is 42.7 Å². The third-order valence-electron chi connectivity index (χ3n) is 2.08. The largest absolute Gasteiger partial charge is 0.382 e. The van der Waals surface area contributed by atoms with E-state index in [0.29, 0.717) is 26.4 Å². The van der Waals surface area contributed by atoms with Crippen molar-refractivity contribution in [1.82, 2.24) is 0 Å². The molecule has 0 heterocycles. The van der Waals surface area contributed by atoms with E-state index in [4.69, 9.17) is 28.4 Å². The van der Waals surface area contributed by atoms with Gasteiger partial charge in [-0.05, 0) is 0 Å². The summed E-state index contributed by atoms with van der Waals surface area (Å²) in [7, 11) is 9.85. The fourth-order valence-corrected chi connectivity index (χ4v) is 1.11. The molecule has 0 rings (SSSR count). The fraction of sp³-hybridized carbons (Fsp3) is 1.00. The maximum Gasteiger partial charge on any atom is 0.104 e. The van der Waals surface area contributed by atoms with E-state index >= 15 is 0 Å². The summed E-state index contributed by atoms with van der Waals surface area (Å²) in [6.07, 6.45) is 0.139. The lowest BCUT2D eigenvalue weighted by Gasteiger charge is -2.11. The van der Waals surface area contributed by atoms with Crippen LogP contribution in [0.5, 0.6) is 0 Å². The Morgan fingerprint density at radius 3 is 0.842 bits per heavy atom. The zero-order chi connectivity index (χ0) is 14.2. The van der Waals surface area contributed by atoms with Crippen molar-refractivity contribution < 1.29 is 28.4 Å². The number of hydrogen-bond acceptors (Lipinski definition) is 6. The van der Waals surface area contributed by atoms with Gasteiger partial charge in [-0.2, -0.15) is 0 Å². The van der Waals surface area contributed by atoms with Gasteiger partial charge >= 0.3 is 0 Å². The first-order chi connectivity index (χ1) is 8.69. The van der Waals surface area contributed by atoms with E-state index in [2.05, 4.69) is 0 Å². The molecule has 0 bridgehead atoms. The van der Waals surface area contributed by atoms with Crippen LogP contribution in [0.15, 0.2) is 0 Å². The minimum Gasteiger partial charge on any atom is -0.382 e. The molecule has 0 aliphatic carbocycles. The third kappa shape index (κ3) is 17.8. The smallest absolute Gasteiger partial charge is 0.104 e. The van der Waals surface area contributed by atoms with Crippen LogP contribution in [-0.4, -0.2) is 81.3 Å². The monoisotopic (exact) mass is 284 g/mol. The molecule has 0 aliphatic rings. The highest BCUT2D eigenvalue weighted by atomic mass is 16.6. The SMILES string of the molecule is C.COCC(COC)OC.COCC(COC)OC. The van der Waals surface area contributed by atoms with Gasteiger partial charge in [0.25, 0.3) is 0 Å². The number of ether oxygens (including phenoxy) is 6. The van der Waals surface area contributed by atoms with Crippen LogP contribution >= 0.6 is 0 Å².